The molecule has 0 aliphatic carbocycles. The molecule has 0 aliphatic heterocycles. The molecule has 0 unspecified atom stereocenters. The lowest BCUT2D eigenvalue weighted by Crippen LogP contribution is -2.32. The summed E-state index contributed by atoms with van der Waals surface area (Å²) in [7, 11) is 4.47. The Kier molecular flexibility index (Phi) is 6.64. The number of aryl methyl sites for hydroxylation is 1. The van der Waals surface area contributed by atoms with Gasteiger partial charge in [-0.2, -0.15) is 0 Å². The summed E-state index contributed by atoms with van der Waals surface area (Å²) in [5.74, 6) is 1.01. The Hall–Kier alpha value is -3.49. The maximum Gasteiger partial charge on any atom is 0.273 e. The molecule has 2 rings (SSSR count). The highest BCUT2D eigenvalue weighted by Crippen LogP contribution is 2.33. The molecule has 0 heterocycles. The minimum absolute atomic E-state index is 0.123. The normalized spacial score (nSPS) is 11.3. The molecular formula is C19H23N3O6. The number of hydrogen-bond donors (Lipinski definition) is 2. The molecule has 2 aromatic rings. The summed E-state index contributed by atoms with van der Waals surface area (Å²) in [5.41, 5.74) is 1.82. The van der Waals surface area contributed by atoms with E-state index >= 15 is 0 Å². The Bertz CT molecular complexity index is 884. The fourth-order valence-corrected chi connectivity index (χ4v) is 2.57. The van der Waals surface area contributed by atoms with Crippen LogP contribution in [0.5, 0.6) is 17.2 Å². The van der Waals surface area contributed by atoms with Crippen LogP contribution in [0.1, 0.15) is 12.5 Å². The number of carbonyl (C=O) groups excluding carboxylic acids is 1. The molecule has 0 aliphatic rings. The van der Waals surface area contributed by atoms with E-state index in [0.29, 0.717) is 17.2 Å². The Morgan fingerprint density at radius 3 is 2.18 bits per heavy atom. The summed E-state index contributed by atoms with van der Waals surface area (Å²) in [6.07, 6.45) is 0. The number of benzene rings is 2. The predicted octanol–water partition coefficient (Wildman–Crippen LogP) is 3.37. The first-order chi connectivity index (χ1) is 13.3. The van der Waals surface area contributed by atoms with Crippen molar-refractivity contribution < 1.29 is 23.9 Å². The highest BCUT2D eigenvalue weighted by atomic mass is 16.6. The van der Waals surface area contributed by atoms with Gasteiger partial charge in [0, 0.05) is 17.8 Å². The minimum atomic E-state index is -0.600. The van der Waals surface area contributed by atoms with E-state index in [4.69, 9.17) is 14.2 Å². The smallest absolute Gasteiger partial charge is 0.273 e. The molecule has 0 saturated carbocycles. The van der Waals surface area contributed by atoms with Crippen LogP contribution in [-0.2, 0) is 4.79 Å². The molecule has 9 heteroatoms. The average molecular weight is 389 g/mol. The molecular weight excluding hydrogens is 366 g/mol. The first-order valence-corrected chi connectivity index (χ1v) is 8.43. The largest absolute Gasteiger partial charge is 0.494 e. The number of nitrogens with zero attached hydrogens (tertiary/aromatic N) is 1. The van der Waals surface area contributed by atoms with Crippen molar-refractivity contribution in [2.75, 3.05) is 32.0 Å². The average Bonchev–Trinajstić information content (AvgIpc) is 2.68. The number of rotatable bonds is 8. The van der Waals surface area contributed by atoms with Crippen molar-refractivity contribution in [3.05, 3.63) is 46.0 Å². The number of anilines is 2. The van der Waals surface area contributed by atoms with Crippen LogP contribution in [0.4, 0.5) is 17.1 Å². The van der Waals surface area contributed by atoms with E-state index in [1.54, 1.807) is 20.1 Å². The molecule has 1 atom stereocenters. The van der Waals surface area contributed by atoms with E-state index in [1.807, 2.05) is 13.0 Å². The molecule has 0 aromatic heterocycles. The molecule has 0 radical (unpaired) electrons. The van der Waals surface area contributed by atoms with Crippen LogP contribution in [0, 0.1) is 17.0 Å². The van der Waals surface area contributed by atoms with Gasteiger partial charge in [-0.1, -0.05) is 0 Å². The molecule has 150 valence electrons. The first kappa shape index (κ1) is 20.8. The second-order valence-electron chi connectivity index (χ2n) is 6.02. The van der Waals surface area contributed by atoms with E-state index < -0.39 is 11.0 Å². The van der Waals surface area contributed by atoms with Gasteiger partial charge in [-0.3, -0.25) is 14.9 Å². The zero-order valence-electron chi connectivity index (χ0n) is 16.4. The molecule has 2 N–H and O–H groups in total. The number of non-ortho nitro benzene ring substituents is 1. The zero-order valence-corrected chi connectivity index (χ0v) is 16.4. The van der Waals surface area contributed by atoms with Crippen LogP contribution < -0.4 is 24.8 Å². The van der Waals surface area contributed by atoms with Gasteiger partial charge in [0.2, 0.25) is 5.91 Å². The van der Waals surface area contributed by atoms with Crippen LogP contribution in [-0.4, -0.2) is 38.2 Å². The molecule has 0 bridgehead atoms. The lowest BCUT2D eigenvalue weighted by Gasteiger charge is -2.19. The van der Waals surface area contributed by atoms with E-state index in [0.717, 1.165) is 11.3 Å². The quantitative estimate of drug-likeness (QED) is 0.526. The summed E-state index contributed by atoms with van der Waals surface area (Å²) in [5, 5.41) is 16.7. The third kappa shape index (κ3) is 4.61. The Morgan fingerprint density at radius 1 is 1.00 bits per heavy atom. The van der Waals surface area contributed by atoms with Gasteiger partial charge in [-0.25, -0.2) is 0 Å². The lowest BCUT2D eigenvalue weighted by atomic mass is 10.1. The second-order valence-corrected chi connectivity index (χ2v) is 6.02. The van der Waals surface area contributed by atoms with E-state index in [-0.39, 0.29) is 17.3 Å². The molecule has 1 amide bonds. The maximum atomic E-state index is 12.6. The fraction of sp³-hybridized carbons (Fsp3) is 0.316. The van der Waals surface area contributed by atoms with Crippen molar-refractivity contribution in [2.24, 2.45) is 0 Å². The number of ether oxygens (including phenoxy) is 3. The number of hydrogen-bond acceptors (Lipinski definition) is 7. The van der Waals surface area contributed by atoms with Crippen molar-refractivity contribution in [3.8, 4) is 17.2 Å². The predicted molar refractivity (Wildman–Crippen MR) is 106 cm³/mol. The van der Waals surface area contributed by atoms with Gasteiger partial charge in [0.05, 0.1) is 38.0 Å². The van der Waals surface area contributed by atoms with Crippen LogP contribution in [0.25, 0.3) is 0 Å². The fourth-order valence-electron chi connectivity index (χ4n) is 2.57. The van der Waals surface area contributed by atoms with Crippen LogP contribution in [0.15, 0.2) is 30.3 Å². The molecule has 0 saturated heterocycles. The number of nitrogens with one attached hydrogen (secondary N) is 2. The Morgan fingerprint density at radius 2 is 1.61 bits per heavy atom. The van der Waals surface area contributed by atoms with Gasteiger partial charge in [-0.05, 0) is 31.5 Å². The number of nitro benzene ring substituents is 1. The summed E-state index contributed by atoms with van der Waals surface area (Å²) in [6.45, 7) is 3.58. The van der Waals surface area contributed by atoms with E-state index in [9.17, 15) is 14.9 Å². The summed E-state index contributed by atoms with van der Waals surface area (Å²) >= 11 is 0. The van der Waals surface area contributed by atoms with Crippen molar-refractivity contribution in [1.29, 1.82) is 0 Å². The molecule has 9 nitrogen and oxygen atoms in total. The zero-order chi connectivity index (χ0) is 20.8. The topological polar surface area (TPSA) is 112 Å². The summed E-state index contributed by atoms with van der Waals surface area (Å²) in [6, 6.07) is 6.95. The monoisotopic (exact) mass is 389 g/mol. The van der Waals surface area contributed by atoms with Crippen LogP contribution in [0.3, 0.4) is 0 Å². The lowest BCUT2D eigenvalue weighted by molar-refractivity contribution is -0.384. The maximum absolute atomic E-state index is 12.6. The van der Waals surface area contributed by atoms with Crippen molar-refractivity contribution in [1.82, 2.24) is 0 Å². The molecule has 0 spiro atoms. The molecule has 2 aromatic carbocycles. The third-order valence-electron chi connectivity index (χ3n) is 4.15. The van der Waals surface area contributed by atoms with Crippen LogP contribution >= 0.6 is 0 Å². The highest BCUT2D eigenvalue weighted by Gasteiger charge is 2.19. The van der Waals surface area contributed by atoms with E-state index in [1.165, 1.54) is 32.4 Å². The van der Waals surface area contributed by atoms with E-state index in [2.05, 4.69) is 10.6 Å². The van der Waals surface area contributed by atoms with Gasteiger partial charge in [0.25, 0.3) is 5.69 Å². The van der Waals surface area contributed by atoms with Crippen molar-refractivity contribution in [3.63, 3.8) is 0 Å². The van der Waals surface area contributed by atoms with Crippen LogP contribution in [0.2, 0.25) is 0 Å². The SMILES string of the molecule is COc1cc([N+](=O)[O-])ccc1NC(=O)[C@H](C)Nc1cc(OC)c(OC)cc1C. The van der Waals surface area contributed by atoms with Crippen molar-refractivity contribution >= 4 is 23.0 Å². The van der Waals surface area contributed by atoms with Gasteiger partial charge < -0.3 is 24.8 Å². The Balaban J connectivity index is 2.17. The summed E-state index contributed by atoms with van der Waals surface area (Å²) in [4.78, 5) is 22.9. The molecule has 0 fully saturated rings. The minimum Gasteiger partial charge on any atom is -0.494 e. The second kappa shape index (κ2) is 8.94. The third-order valence-corrected chi connectivity index (χ3v) is 4.15. The first-order valence-electron chi connectivity index (χ1n) is 8.43. The highest BCUT2D eigenvalue weighted by molar-refractivity contribution is 5.97. The molecule has 28 heavy (non-hydrogen) atoms. The standard InChI is InChI=1S/C19H23N3O6/c1-11-8-17(27-4)18(28-5)10-15(11)20-12(2)19(23)21-14-7-6-13(22(24)25)9-16(14)26-3/h6-10,12,20H,1-5H3,(H,21,23)/t12-/m0/s1. The number of carbonyl (C=O) groups is 1. The van der Waals surface area contributed by atoms with Gasteiger partial charge >= 0.3 is 0 Å². The summed E-state index contributed by atoms with van der Waals surface area (Å²) < 4.78 is 15.7. The van der Waals surface area contributed by atoms with Gasteiger partial charge in [0.1, 0.15) is 11.8 Å². The number of amides is 1. The van der Waals surface area contributed by atoms with Gasteiger partial charge in [-0.15, -0.1) is 0 Å². The number of nitro groups is 1. The van der Waals surface area contributed by atoms with Gasteiger partial charge in [0.15, 0.2) is 11.5 Å². The Labute approximate surface area is 162 Å². The van der Waals surface area contributed by atoms with Crippen molar-refractivity contribution in [2.45, 2.75) is 19.9 Å². The number of methoxy groups -OCH3 is 3.